The highest BCUT2D eigenvalue weighted by Gasteiger charge is 1.95. The molecule has 0 unspecified atom stereocenters. The van der Waals surface area contributed by atoms with Crippen molar-refractivity contribution in [3.8, 4) is 0 Å². The van der Waals surface area contributed by atoms with Crippen molar-refractivity contribution >= 4 is 11.4 Å². The Balaban J connectivity index is 2.15. The predicted octanol–water partition coefficient (Wildman–Crippen LogP) is 1.75. The van der Waals surface area contributed by atoms with Crippen molar-refractivity contribution in [1.82, 2.24) is 0 Å². The van der Waals surface area contributed by atoms with Gasteiger partial charge in [0.25, 0.3) is 0 Å². The highest BCUT2D eigenvalue weighted by atomic mass is 15.1. The van der Waals surface area contributed by atoms with Gasteiger partial charge in [0.1, 0.15) is 14.1 Å². The number of hydrogen-bond donors (Lipinski definition) is 0. The highest BCUT2D eigenvalue weighted by Crippen LogP contribution is 2.14. The second-order valence-corrected chi connectivity index (χ2v) is 3.64. The lowest BCUT2D eigenvalue weighted by Gasteiger charge is -1.91. The summed E-state index contributed by atoms with van der Waals surface area (Å²) in [5.74, 6) is 0. The zero-order valence-corrected chi connectivity index (χ0v) is 9.41. The first-order valence-electron chi connectivity index (χ1n) is 5.06. The van der Waals surface area contributed by atoms with Crippen molar-refractivity contribution in [2.75, 3.05) is 0 Å². The fourth-order valence-electron chi connectivity index (χ4n) is 1.24. The van der Waals surface area contributed by atoms with Crippen molar-refractivity contribution in [1.29, 1.82) is 0 Å². The van der Waals surface area contributed by atoms with E-state index in [2.05, 4.69) is 10.2 Å². The second kappa shape index (κ2) is 4.61. The van der Waals surface area contributed by atoms with Gasteiger partial charge in [0.15, 0.2) is 24.8 Å². The molecule has 0 aliphatic rings. The molecule has 0 N–H and O–H groups in total. The maximum absolute atomic E-state index is 4.15. The normalized spacial score (nSPS) is 10.9. The lowest BCUT2D eigenvalue weighted by atomic mass is 10.4. The molecule has 4 nitrogen and oxygen atoms in total. The van der Waals surface area contributed by atoms with E-state index in [1.54, 1.807) is 0 Å². The summed E-state index contributed by atoms with van der Waals surface area (Å²) in [5, 5.41) is 8.30. The molecular formula is C12H14N4+2. The van der Waals surface area contributed by atoms with Crippen molar-refractivity contribution in [3.05, 3.63) is 49.1 Å². The van der Waals surface area contributed by atoms with E-state index in [1.165, 1.54) is 0 Å². The topological polar surface area (TPSA) is 32.5 Å². The Labute approximate surface area is 94.5 Å². The molecule has 80 valence electrons. The number of pyridine rings is 2. The van der Waals surface area contributed by atoms with Crippen LogP contribution in [0.2, 0.25) is 0 Å². The Bertz CT molecular complexity index is 438. The maximum Gasteiger partial charge on any atom is 0.170 e. The van der Waals surface area contributed by atoms with Crippen LogP contribution in [-0.2, 0) is 14.1 Å². The molecule has 0 spiro atoms. The molecule has 0 saturated carbocycles. The molecule has 0 aliphatic heterocycles. The highest BCUT2D eigenvalue weighted by molar-refractivity contribution is 5.35. The maximum atomic E-state index is 4.15. The lowest BCUT2D eigenvalue weighted by Crippen LogP contribution is -2.25. The molecule has 4 heteroatoms. The summed E-state index contributed by atoms with van der Waals surface area (Å²) in [5.41, 5.74) is 1.71. The Hall–Kier alpha value is -2.10. The molecular weight excluding hydrogens is 200 g/mol. The molecule has 0 aromatic carbocycles. The molecule has 2 aromatic rings. The van der Waals surface area contributed by atoms with E-state index < -0.39 is 0 Å². The third kappa shape index (κ3) is 2.70. The van der Waals surface area contributed by atoms with Gasteiger partial charge in [-0.1, -0.05) is 0 Å². The van der Waals surface area contributed by atoms with E-state index in [9.17, 15) is 0 Å². The Morgan fingerprint density at radius 1 is 0.688 bits per heavy atom. The summed E-state index contributed by atoms with van der Waals surface area (Å²) in [4.78, 5) is 0. The van der Waals surface area contributed by atoms with Gasteiger partial charge in [-0.2, -0.15) is 10.2 Å². The zero-order valence-electron chi connectivity index (χ0n) is 9.41. The van der Waals surface area contributed by atoms with E-state index in [4.69, 9.17) is 0 Å². The minimum Gasteiger partial charge on any atom is -0.208 e. The molecule has 0 aliphatic carbocycles. The van der Waals surface area contributed by atoms with Gasteiger partial charge in [-0.25, -0.2) is 9.13 Å². The van der Waals surface area contributed by atoms with Crippen molar-refractivity contribution in [3.63, 3.8) is 0 Å². The molecule has 0 saturated heterocycles. The van der Waals surface area contributed by atoms with Crippen LogP contribution >= 0.6 is 0 Å². The van der Waals surface area contributed by atoms with E-state index in [0.717, 1.165) is 11.4 Å². The van der Waals surface area contributed by atoms with Gasteiger partial charge in [0.2, 0.25) is 0 Å². The van der Waals surface area contributed by atoms with Crippen LogP contribution in [0.25, 0.3) is 0 Å². The summed E-state index contributed by atoms with van der Waals surface area (Å²) in [6.07, 6.45) is 7.78. The van der Waals surface area contributed by atoms with Crippen LogP contribution in [0.1, 0.15) is 0 Å². The number of aromatic nitrogens is 2. The van der Waals surface area contributed by atoms with Crippen LogP contribution in [0.3, 0.4) is 0 Å². The summed E-state index contributed by atoms with van der Waals surface area (Å²) >= 11 is 0. The van der Waals surface area contributed by atoms with Gasteiger partial charge >= 0.3 is 0 Å². The summed E-state index contributed by atoms with van der Waals surface area (Å²) in [7, 11) is 3.94. The number of hydrogen-bond acceptors (Lipinski definition) is 2. The zero-order chi connectivity index (χ0) is 11.4. The average molecular weight is 214 g/mol. The molecule has 0 bridgehead atoms. The van der Waals surface area contributed by atoms with E-state index >= 15 is 0 Å². The monoisotopic (exact) mass is 214 g/mol. The summed E-state index contributed by atoms with van der Waals surface area (Å²) in [6, 6.07) is 7.69. The molecule has 0 fully saturated rings. The fourth-order valence-corrected chi connectivity index (χ4v) is 1.24. The molecule has 2 rings (SSSR count). The summed E-state index contributed by atoms with van der Waals surface area (Å²) in [6.45, 7) is 0. The van der Waals surface area contributed by atoms with Crippen LogP contribution in [0.15, 0.2) is 59.3 Å². The first-order chi connectivity index (χ1) is 7.74. The number of azo groups is 1. The molecule has 0 atom stereocenters. The SMILES string of the molecule is C[n+]1ccc(N=Nc2cc[n+](C)cc2)cc1. The van der Waals surface area contributed by atoms with Crippen LogP contribution in [-0.4, -0.2) is 0 Å². The standard InChI is InChI=1S/C12H14N4/c1-15-7-3-11(4-8-15)13-14-12-5-9-16(2)10-6-12/h3-10H,1-2H3/q+2. The van der Waals surface area contributed by atoms with Crippen LogP contribution in [0.5, 0.6) is 0 Å². The molecule has 16 heavy (non-hydrogen) atoms. The number of rotatable bonds is 2. The van der Waals surface area contributed by atoms with Crippen molar-refractivity contribution in [2.45, 2.75) is 0 Å². The quantitative estimate of drug-likeness (QED) is 0.539. The van der Waals surface area contributed by atoms with Gasteiger partial charge < -0.3 is 0 Å². The third-order valence-electron chi connectivity index (χ3n) is 2.20. The smallest absolute Gasteiger partial charge is 0.170 e. The third-order valence-corrected chi connectivity index (χ3v) is 2.20. The van der Waals surface area contributed by atoms with Crippen LogP contribution < -0.4 is 9.13 Å². The number of nitrogens with zero attached hydrogens (tertiary/aromatic N) is 4. The number of aryl methyl sites for hydroxylation is 2. The lowest BCUT2D eigenvalue weighted by molar-refractivity contribution is -0.671. The Morgan fingerprint density at radius 2 is 1.00 bits per heavy atom. The molecule has 0 radical (unpaired) electrons. The van der Waals surface area contributed by atoms with Crippen molar-refractivity contribution in [2.24, 2.45) is 24.3 Å². The largest absolute Gasteiger partial charge is 0.208 e. The summed E-state index contributed by atoms with van der Waals surface area (Å²) < 4.78 is 3.92. The van der Waals surface area contributed by atoms with Gasteiger partial charge in [0, 0.05) is 24.3 Å². The van der Waals surface area contributed by atoms with Crippen LogP contribution in [0, 0.1) is 0 Å². The van der Waals surface area contributed by atoms with E-state index in [-0.39, 0.29) is 0 Å². The molecule has 0 amide bonds. The van der Waals surface area contributed by atoms with Crippen molar-refractivity contribution < 1.29 is 9.13 Å². The van der Waals surface area contributed by atoms with Crippen LogP contribution in [0.4, 0.5) is 11.4 Å². The Kier molecular flexibility index (Phi) is 3.00. The molecule has 2 heterocycles. The van der Waals surface area contributed by atoms with Gasteiger partial charge in [-0.3, -0.25) is 0 Å². The fraction of sp³-hybridized carbons (Fsp3) is 0.167. The second-order valence-electron chi connectivity index (χ2n) is 3.64. The van der Waals surface area contributed by atoms with Gasteiger partial charge in [-0.05, 0) is 0 Å². The minimum absolute atomic E-state index is 0.853. The Morgan fingerprint density at radius 3 is 1.31 bits per heavy atom. The predicted molar refractivity (Wildman–Crippen MR) is 59.4 cm³/mol. The van der Waals surface area contributed by atoms with E-state index in [0.29, 0.717) is 0 Å². The van der Waals surface area contributed by atoms with E-state index in [1.807, 2.05) is 72.3 Å². The molecule has 2 aromatic heterocycles. The van der Waals surface area contributed by atoms with Gasteiger partial charge in [-0.15, -0.1) is 0 Å². The minimum atomic E-state index is 0.853. The average Bonchev–Trinajstić information content (AvgIpc) is 2.30. The first-order valence-corrected chi connectivity index (χ1v) is 5.06. The first kappa shape index (κ1) is 10.4. The van der Waals surface area contributed by atoms with Gasteiger partial charge in [0.05, 0.1) is 11.4 Å².